The topological polar surface area (TPSA) is 99.8 Å². The van der Waals surface area contributed by atoms with Crippen molar-refractivity contribution in [2.45, 2.75) is 0 Å². The number of hydrogen-bond acceptors (Lipinski definition) is 6. The van der Waals surface area contributed by atoms with E-state index in [2.05, 4.69) is 25.5 Å². The second kappa shape index (κ2) is 5.64. The van der Waals surface area contributed by atoms with Gasteiger partial charge in [-0.25, -0.2) is 14.6 Å². The number of methoxy groups -OCH3 is 1. The fourth-order valence-electron chi connectivity index (χ4n) is 1.86. The van der Waals surface area contributed by atoms with Crippen molar-refractivity contribution in [2.75, 3.05) is 12.4 Å². The number of amides is 1. The van der Waals surface area contributed by atoms with Crippen molar-refractivity contribution >= 4 is 11.6 Å². The maximum absolute atomic E-state index is 12.2. The number of aryl methyl sites for hydroxylation is 1. The molecule has 0 fully saturated rings. The van der Waals surface area contributed by atoms with Gasteiger partial charge in [0.15, 0.2) is 0 Å². The van der Waals surface area contributed by atoms with Crippen molar-refractivity contribution in [2.24, 2.45) is 7.05 Å². The first-order chi connectivity index (χ1) is 10.7. The molecule has 9 heteroatoms. The Morgan fingerprint density at radius 2 is 2.09 bits per heavy atom. The van der Waals surface area contributed by atoms with Crippen molar-refractivity contribution in [1.82, 2.24) is 29.5 Å². The van der Waals surface area contributed by atoms with E-state index >= 15 is 0 Å². The molecular weight excluding hydrogens is 286 g/mol. The fourth-order valence-corrected chi connectivity index (χ4v) is 1.86. The Morgan fingerprint density at radius 1 is 1.32 bits per heavy atom. The van der Waals surface area contributed by atoms with E-state index in [1.807, 2.05) is 0 Å². The van der Waals surface area contributed by atoms with Crippen LogP contribution in [-0.2, 0) is 7.05 Å². The van der Waals surface area contributed by atoms with Gasteiger partial charge >= 0.3 is 0 Å². The number of carbonyl (C=O) groups is 1. The lowest BCUT2D eigenvalue weighted by atomic mass is 10.3. The van der Waals surface area contributed by atoms with Crippen LogP contribution in [0.3, 0.4) is 0 Å². The van der Waals surface area contributed by atoms with Crippen LogP contribution in [0.15, 0.2) is 37.1 Å². The summed E-state index contributed by atoms with van der Waals surface area (Å²) in [6, 6.07) is 1.77. The second-order valence-electron chi connectivity index (χ2n) is 4.40. The van der Waals surface area contributed by atoms with Gasteiger partial charge in [-0.05, 0) is 6.07 Å². The van der Waals surface area contributed by atoms with Crippen LogP contribution in [0.5, 0.6) is 5.88 Å². The van der Waals surface area contributed by atoms with Crippen LogP contribution in [0.2, 0.25) is 0 Å². The highest BCUT2D eigenvalue weighted by molar-refractivity contribution is 6.05. The number of carbonyl (C=O) groups excluding carboxylic acids is 1. The number of hydrogen-bond donors (Lipinski definition) is 1. The van der Waals surface area contributed by atoms with Crippen LogP contribution in [0.4, 0.5) is 5.69 Å². The van der Waals surface area contributed by atoms with Gasteiger partial charge in [0.1, 0.15) is 5.56 Å². The highest BCUT2D eigenvalue weighted by Gasteiger charge is 2.16. The normalized spacial score (nSPS) is 10.5. The van der Waals surface area contributed by atoms with Gasteiger partial charge in [0.2, 0.25) is 5.88 Å². The molecule has 0 radical (unpaired) electrons. The van der Waals surface area contributed by atoms with E-state index in [9.17, 15) is 4.79 Å². The summed E-state index contributed by atoms with van der Waals surface area (Å²) in [5.74, 6) is 0.330. The van der Waals surface area contributed by atoms with Gasteiger partial charge in [0.05, 0.1) is 25.2 Å². The van der Waals surface area contributed by atoms with Crippen molar-refractivity contribution in [3.05, 3.63) is 42.6 Å². The van der Waals surface area contributed by atoms with Crippen molar-refractivity contribution in [3.8, 4) is 11.8 Å². The largest absolute Gasteiger partial charge is 0.479 e. The summed E-state index contributed by atoms with van der Waals surface area (Å²) >= 11 is 0. The predicted molar refractivity (Wildman–Crippen MR) is 76.9 cm³/mol. The quantitative estimate of drug-likeness (QED) is 0.759. The molecular formula is C13H13N7O2. The Kier molecular flexibility index (Phi) is 3.52. The van der Waals surface area contributed by atoms with Crippen LogP contribution in [-0.4, -0.2) is 42.5 Å². The Bertz CT molecular complexity index is 777. The predicted octanol–water partition coefficient (Wildman–Crippen LogP) is 0.657. The summed E-state index contributed by atoms with van der Waals surface area (Å²) in [6.45, 7) is 0. The minimum atomic E-state index is -0.347. The van der Waals surface area contributed by atoms with E-state index in [1.165, 1.54) is 28.9 Å². The van der Waals surface area contributed by atoms with Gasteiger partial charge in [-0.3, -0.25) is 9.48 Å². The second-order valence-corrected chi connectivity index (χ2v) is 4.40. The number of ether oxygens (including phenoxy) is 1. The Balaban J connectivity index is 1.76. The summed E-state index contributed by atoms with van der Waals surface area (Å²) in [4.78, 5) is 20.5. The van der Waals surface area contributed by atoms with Gasteiger partial charge in [-0.15, -0.1) is 5.10 Å². The number of anilines is 1. The zero-order chi connectivity index (χ0) is 15.5. The molecule has 0 aromatic carbocycles. The highest BCUT2D eigenvalue weighted by Crippen LogP contribution is 2.16. The van der Waals surface area contributed by atoms with Crippen molar-refractivity contribution in [3.63, 3.8) is 0 Å². The Labute approximate surface area is 125 Å². The van der Waals surface area contributed by atoms with E-state index in [-0.39, 0.29) is 11.8 Å². The smallest absolute Gasteiger partial charge is 0.262 e. The first-order valence-corrected chi connectivity index (χ1v) is 6.38. The number of nitrogens with zero attached hydrogens (tertiary/aromatic N) is 6. The molecule has 0 bridgehead atoms. The van der Waals surface area contributed by atoms with E-state index in [4.69, 9.17) is 4.74 Å². The Hall–Kier alpha value is -3.23. The van der Waals surface area contributed by atoms with Gasteiger partial charge in [-0.1, -0.05) is 0 Å². The molecule has 0 aliphatic heterocycles. The van der Waals surface area contributed by atoms with E-state index in [0.717, 1.165) is 0 Å². The minimum Gasteiger partial charge on any atom is -0.479 e. The average molecular weight is 299 g/mol. The third-order valence-electron chi connectivity index (χ3n) is 2.84. The molecule has 3 rings (SSSR count). The molecule has 3 heterocycles. The number of nitrogens with one attached hydrogen (secondary N) is 1. The van der Waals surface area contributed by atoms with Crippen molar-refractivity contribution in [1.29, 1.82) is 0 Å². The monoisotopic (exact) mass is 299 g/mol. The lowest BCUT2D eigenvalue weighted by Crippen LogP contribution is -2.13. The first kappa shape index (κ1) is 13.7. The van der Waals surface area contributed by atoms with Gasteiger partial charge < -0.3 is 10.1 Å². The first-order valence-electron chi connectivity index (χ1n) is 6.38. The molecule has 112 valence electrons. The molecule has 0 saturated heterocycles. The van der Waals surface area contributed by atoms with Crippen molar-refractivity contribution < 1.29 is 9.53 Å². The van der Waals surface area contributed by atoms with Crippen LogP contribution in [0, 0.1) is 0 Å². The van der Waals surface area contributed by atoms with Gasteiger partial charge in [0.25, 0.3) is 11.9 Å². The van der Waals surface area contributed by atoms with E-state index < -0.39 is 0 Å². The van der Waals surface area contributed by atoms with Crippen LogP contribution >= 0.6 is 0 Å². The summed E-state index contributed by atoms with van der Waals surface area (Å²) in [6.07, 6.45) is 7.95. The summed E-state index contributed by atoms with van der Waals surface area (Å²) in [7, 11) is 3.17. The molecule has 0 aliphatic rings. The third kappa shape index (κ3) is 2.64. The molecule has 9 nitrogen and oxygen atoms in total. The molecule has 0 atom stereocenters. The minimum absolute atomic E-state index is 0.258. The molecule has 0 aliphatic carbocycles. The standard InChI is InChI=1S/C13H13N7O2/c1-19-8-10(12(18-19)22-2)11(21)17-9-6-14-13(15-7-9)20-5-3-4-16-20/h3-8H,1-2H3,(H,17,21). The lowest BCUT2D eigenvalue weighted by Gasteiger charge is -2.05. The summed E-state index contributed by atoms with van der Waals surface area (Å²) in [5.41, 5.74) is 0.799. The van der Waals surface area contributed by atoms with E-state index in [0.29, 0.717) is 17.2 Å². The SMILES string of the molecule is COc1nn(C)cc1C(=O)Nc1cnc(-n2cccn2)nc1. The highest BCUT2D eigenvalue weighted by atomic mass is 16.5. The van der Waals surface area contributed by atoms with Gasteiger partial charge in [0, 0.05) is 25.6 Å². The number of aromatic nitrogens is 6. The summed E-state index contributed by atoms with van der Waals surface area (Å²) in [5, 5.41) is 10.7. The van der Waals surface area contributed by atoms with Gasteiger partial charge in [-0.2, -0.15) is 5.10 Å². The molecule has 1 N–H and O–H groups in total. The molecule has 22 heavy (non-hydrogen) atoms. The van der Waals surface area contributed by atoms with E-state index in [1.54, 1.807) is 31.7 Å². The molecule has 0 unspecified atom stereocenters. The van der Waals surface area contributed by atoms with Crippen LogP contribution in [0.25, 0.3) is 5.95 Å². The number of rotatable bonds is 4. The van der Waals surface area contributed by atoms with Crippen LogP contribution < -0.4 is 10.1 Å². The molecule has 0 spiro atoms. The molecule has 0 saturated carbocycles. The maximum atomic E-state index is 12.2. The van der Waals surface area contributed by atoms with Crippen LogP contribution in [0.1, 0.15) is 10.4 Å². The zero-order valence-electron chi connectivity index (χ0n) is 12.0. The average Bonchev–Trinajstić information content (AvgIpc) is 3.17. The third-order valence-corrected chi connectivity index (χ3v) is 2.84. The lowest BCUT2D eigenvalue weighted by molar-refractivity contribution is 0.102. The zero-order valence-corrected chi connectivity index (χ0v) is 12.0. The fraction of sp³-hybridized carbons (Fsp3) is 0.154. The molecule has 3 aromatic heterocycles. The molecule has 1 amide bonds. The Morgan fingerprint density at radius 3 is 2.73 bits per heavy atom. The molecule has 3 aromatic rings. The summed E-state index contributed by atoms with van der Waals surface area (Å²) < 4.78 is 8.09. The maximum Gasteiger partial charge on any atom is 0.262 e.